The van der Waals surface area contributed by atoms with Crippen molar-refractivity contribution in [3.63, 3.8) is 0 Å². The molecule has 0 atom stereocenters. The minimum absolute atomic E-state index is 0.343. The summed E-state index contributed by atoms with van der Waals surface area (Å²) >= 11 is 7.14. The van der Waals surface area contributed by atoms with Gasteiger partial charge in [-0.2, -0.15) is 0 Å². The van der Waals surface area contributed by atoms with Crippen LogP contribution in [0.15, 0.2) is 12.1 Å². The van der Waals surface area contributed by atoms with Crippen LogP contribution in [-0.4, -0.2) is 11.0 Å². The number of ether oxygens (including phenoxy) is 1. The van der Waals surface area contributed by atoms with E-state index in [1.165, 1.54) is 18.3 Å². The molecule has 0 unspecified atom stereocenters. The average Bonchev–Trinajstić information content (AvgIpc) is 2.52. The van der Waals surface area contributed by atoms with Crippen molar-refractivity contribution >= 4 is 39.1 Å². The zero-order valence-electron chi connectivity index (χ0n) is 8.20. The molecule has 2 aromatic rings. The summed E-state index contributed by atoms with van der Waals surface area (Å²) in [5.41, 5.74) is 1.81. The molecule has 3 nitrogen and oxygen atoms in total. The van der Waals surface area contributed by atoms with Gasteiger partial charge in [0.15, 0.2) is 4.47 Å². The fraction of sp³-hybridized carbons (Fsp3) is 0.200. The maximum Gasteiger partial charge on any atom is 0.308 e. The lowest BCUT2D eigenvalue weighted by Gasteiger charge is -2.02. The van der Waals surface area contributed by atoms with Crippen LogP contribution in [-0.2, 0) is 4.79 Å². The lowest BCUT2D eigenvalue weighted by Crippen LogP contribution is -2.01. The van der Waals surface area contributed by atoms with Crippen molar-refractivity contribution in [2.45, 2.75) is 13.8 Å². The summed E-state index contributed by atoms with van der Waals surface area (Å²) in [4.78, 5) is 15.1. The summed E-state index contributed by atoms with van der Waals surface area (Å²) in [6.45, 7) is 3.31. The zero-order valence-corrected chi connectivity index (χ0v) is 9.78. The lowest BCUT2D eigenvalue weighted by atomic mass is 10.2. The van der Waals surface area contributed by atoms with E-state index in [2.05, 4.69) is 4.98 Å². The predicted octanol–water partition coefficient (Wildman–Crippen LogP) is 3.18. The van der Waals surface area contributed by atoms with Crippen LogP contribution in [0.1, 0.15) is 12.5 Å². The van der Waals surface area contributed by atoms with Gasteiger partial charge in [0.05, 0.1) is 10.2 Å². The molecule has 0 aliphatic heterocycles. The Labute approximate surface area is 95.6 Å². The van der Waals surface area contributed by atoms with Crippen molar-refractivity contribution in [1.29, 1.82) is 0 Å². The molecule has 5 heteroatoms. The number of benzene rings is 1. The van der Waals surface area contributed by atoms with Crippen molar-refractivity contribution < 1.29 is 9.53 Å². The molecule has 1 aromatic heterocycles. The molecule has 78 valence electrons. The number of aryl methyl sites for hydroxylation is 1. The van der Waals surface area contributed by atoms with E-state index in [9.17, 15) is 4.79 Å². The van der Waals surface area contributed by atoms with Crippen molar-refractivity contribution in [2.75, 3.05) is 0 Å². The van der Waals surface area contributed by atoms with Gasteiger partial charge in [-0.3, -0.25) is 4.79 Å². The van der Waals surface area contributed by atoms with Gasteiger partial charge in [0, 0.05) is 6.92 Å². The largest absolute Gasteiger partial charge is 0.425 e. The van der Waals surface area contributed by atoms with Gasteiger partial charge in [0.2, 0.25) is 0 Å². The highest BCUT2D eigenvalue weighted by Crippen LogP contribution is 2.35. The average molecular weight is 242 g/mol. The van der Waals surface area contributed by atoms with Crippen LogP contribution in [0, 0.1) is 6.92 Å². The minimum Gasteiger partial charge on any atom is -0.425 e. The first kappa shape index (κ1) is 10.4. The van der Waals surface area contributed by atoms with Crippen LogP contribution in [0.4, 0.5) is 0 Å². The predicted molar refractivity (Wildman–Crippen MR) is 60.7 cm³/mol. The summed E-state index contributed by atoms with van der Waals surface area (Å²) in [6, 6.07) is 3.62. The number of hydrogen-bond donors (Lipinski definition) is 0. The van der Waals surface area contributed by atoms with Crippen LogP contribution in [0.2, 0.25) is 4.47 Å². The molecular formula is C10H8ClNO2S. The van der Waals surface area contributed by atoms with E-state index >= 15 is 0 Å². The number of rotatable bonds is 1. The van der Waals surface area contributed by atoms with Crippen molar-refractivity contribution in [1.82, 2.24) is 4.98 Å². The summed E-state index contributed by atoms with van der Waals surface area (Å²) in [5, 5.41) is 0. The van der Waals surface area contributed by atoms with Gasteiger partial charge in [-0.1, -0.05) is 29.0 Å². The highest BCUT2D eigenvalue weighted by molar-refractivity contribution is 7.22. The van der Waals surface area contributed by atoms with Gasteiger partial charge in [-0.05, 0) is 18.6 Å². The number of thiazole rings is 1. The monoisotopic (exact) mass is 241 g/mol. The van der Waals surface area contributed by atoms with Crippen LogP contribution in [0.5, 0.6) is 5.75 Å². The standard InChI is InChI=1S/C10H8ClNO2S/c1-5-3-4-7(14-6(2)13)9-8(5)12-10(11)15-9/h3-4H,1-2H3. The molecule has 1 aromatic carbocycles. The minimum atomic E-state index is -0.343. The van der Waals surface area contributed by atoms with Crippen LogP contribution in [0.25, 0.3) is 10.2 Å². The van der Waals surface area contributed by atoms with Gasteiger partial charge < -0.3 is 4.74 Å². The van der Waals surface area contributed by atoms with E-state index in [0.29, 0.717) is 10.2 Å². The second-order valence-corrected chi connectivity index (χ2v) is 4.70. The van der Waals surface area contributed by atoms with E-state index < -0.39 is 0 Å². The molecule has 1 heterocycles. The zero-order chi connectivity index (χ0) is 11.0. The van der Waals surface area contributed by atoms with Gasteiger partial charge in [0.1, 0.15) is 5.75 Å². The molecule has 0 saturated heterocycles. The van der Waals surface area contributed by atoms with Gasteiger partial charge in [-0.25, -0.2) is 4.98 Å². The van der Waals surface area contributed by atoms with Crippen LogP contribution >= 0.6 is 22.9 Å². The maximum absolute atomic E-state index is 10.9. The quantitative estimate of drug-likeness (QED) is 0.569. The Bertz CT molecular complexity index is 535. The third kappa shape index (κ3) is 1.96. The number of fused-ring (bicyclic) bond motifs is 1. The number of carbonyl (C=O) groups excluding carboxylic acids is 1. The van der Waals surface area contributed by atoms with E-state index in [-0.39, 0.29) is 5.97 Å². The molecule has 0 saturated carbocycles. The molecule has 0 N–H and O–H groups in total. The van der Waals surface area contributed by atoms with E-state index in [4.69, 9.17) is 16.3 Å². The fourth-order valence-corrected chi connectivity index (χ4v) is 2.45. The molecule has 0 radical (unpaired) electrons. The topological polar surface area (TPSA) is 39.2 Å². The molecule has 0 fully saturated rings. The summed E-state index contributed by atoms with van der Waals surface area (Å²) in [5.74, 6) is 0.178. The first-order valence-corrected chi connectivity index (χ1v) is 5.51. The van der Waals surface area contributed by atoms with E-state index in [1.54, 1.807) is 6.07 Å². The first-order valence-electron chi connectivity index (χ1n) is 4.32. The second kappa shape index (κ2) is 3.79. The Hall–Kier alpha value is -1.13. The molecule has 2 rings (SSSR count). The molecule has 15 heavy (non-hydrogen) atoms. The Morgan fingerprint density at radius 3 is 2.93 bits per heavy atom. The molecule has 0 amide bonds. The molecule has 0 spiro atoms. The fourth-order valence-electron chi connectivity index (χ4n) is 1.32. The SMILES string of the molecule is CC(=O)Oc1ccc(C)c2nc(Cl)sc12. The van der Waals surface area contributed by atoms with Crippen molar-refractivity contribution in [3.05, 3.63) is 22.2 Å². The number of aromatic nitrogens is 1. The number of hydrogen-bond acceptors (Lipinski definition) is 4. The third-order valence-corrected chi connectivity index (χ3v) is 3.11. The van der Waals surface area contributed by atoms with Crippen molar-refractivity contribution in [2.24, 2.45) is 0 Å². The number of halogens is 1. The summed E-state index contributed by atoms with van der Waals surface area (Å²) in [6.07, 6.45) is 0. The lowest BCUT2D eigenvalue weighted by molar-refractivity contribution is -0.131. The Balaban J connectivity index is 2.65. The normalized spacial score (nSPS) is 10.6. The smallest absolute Gasteiger partial charge is 0.308 e. The molecule has 0 aliphatic rings. The summed E-state index contributed by atoms with van der Waals surface area (Å²) in [7, 11) is 0. The highest BCUT2D eigenvalue weighted by atomic mass is 35.5. The van der Waals surface area contributed by atoms with E-state index in [0.717, 1.165) is 15.8 Å². The molecular weight excluding hydrogens is 234 g/mol. The first-order chi connectivity index (χ1) is 7.08. The number of esters is 1. The Morgan fingerprint density at radius 1 is 1.53 bits per heavy atom. The molecule has 0 bridgehead atoms. The third-order valence-electron chi connectivity index (χ3n) is 1.94. The van der Waals surface area contributed by atoms with Gasteiger partial charge >= 0.3 is 5.97 Å². The Kier molecular flexibility index (Phi) is 2.63. The highest BCUT2D eigenvalue weighted by Gasteiger charge is 2.11. The van der Waals surface area contributed by atoms with Gasteiger partial charge in [0.25, 0.3) is 0 Å². The van der Waals surface area contributed by atoms with Gasteiger partial charge in [-0.15, -0.1) is 0 Å². The maximum atomic E-state index is 10.9. The van der Waals surface area contributed by atoms with Crippen LogP contribution < -0.4 is 4.74 Å². The van der Waals surface area contributed by atoms with E-state index in [1.807, 2.05) is 13.0 Å². The number of carbonyl (C=O) groups is 1. The number of nitrogens with zero attached hydrogens (tertiary/aromatic N) is 1. The Morgan fingerprint density at radius 2 is 2.27 bits per heavy atom. The molecule has 0 aliphatic carbocycles. The summed E-state index contributed by atoms with van der Waals surface area (Å²) < 4.78 is 6.34. The second-order valence-electron chi connectivity index (χ2n) is 3.12. The van der Waals surface area contributed by atoms with Crippen LogP contribution in [0.3, 0.4) is 0 Å². The van der Waals surface area contributed by atoms with Crippen molar-refractivity contribution in [3.8, 4) is 5.75 Å².